The van der Waals surface area contributed by atoms with Gasteiger partial charge in [-0.2, -0.15) is 4.98 Å². The van der Waals surface area contributed by atoms with Crippen LogP contribution in [-0.4, -0.2) is 64.3 Å². The number of benzene rings is 1. The Morgan fingerprint density at radius 3 is 2.42 bits per heavy atom. The minimum absolute atomic E-state index is 0.00530. The quantitative estimate of drug-likeness (QED) is 0.586. The summed E-state index contributed by atoms with van der Waals surface area (Å²) in [6.45, 7) is 3.62. The number of halogens is 1. The summed E-state index contributed by atoms with van der Waals surface area (Å²) in [5, 5.41) is 14.1. The van der Waals surface area contributed by atoms with Gasteiger partial charge in [-0.05, 0) is 50.3 Å². The number of rotatable bonds is 7. The molecule has 1 aromatic heterocycles. The normalized spacial score (nSPS) is 20.0. The minimum Gasteiger partial charge on any atom is -0.367 e. The molecule has 10 heteroatoms. The smallest absolute Gasteiger partial charge is 0.273 e. The average molecular weight is 455 g/mol. The molecular formula is C23H31FN8O. The first-order valence-corrected chi connectivity index (χ1v) is 11.9. The van der Waals surface area contributed by atoms with Crippen molar-refractivity contribution >= 4 is 29.0 Å². The second-order valence-corrected chi connectivity index (χ2v) is 9.22. The molecule has 2 saturated carbocycles. The number of carbonyl (C=O) groups excluding carboxylic acids is 1. The number of hydrogen-bond acceptors (Lipinski definition) is 8. The standard InChI is InChI=1S/C23H31FN8O/c24-18-14-16(8-9-19(18)32-12-10-31(11-13-32)17-6-1-2-7-17)27-23-28-22(26-15-4-3-5-15)20(21(25)33)29-30-23/h8-9,14-15,17H,1-7,10-13H2,(H2,25,33)(H2,26,27,28,30). The molecule has 0 spiro atoms. The number of carbonyl (C=O) groups is 1. The first-order valence-electron chi connectivity index (χ1n) is 11.9. The molecule has 5 rings (SSSR count). The zero-order valence-corrected chi connectivity index (χ0v) is 18.8. The Hall–Kier alpha value is -3.01. The van der Waals surface area contributed by atoms with Crippen LogP contribution in [0.15, 0.2) is 18.2 Å². The van der Waals surface area contributed by atoms with Gasteiger partial charge in [0.25, 0.3) is 5.91 Å². The van der Waals surface area contributed by atoms with Gasteiger partial charge in [0, 0.05) is 44.0 Å². The lowest BCUT2D eigenvalue weighted by Gasteiger charge is -2.39. The van der Waals surface area contributed by atoms with E-state index in [4.69, 9.17) is 5.73 Å². The number of hydrogen-bond donors (Lipinski definition) is 3. The fraction of sp³-hybridized carbons (Fsp3) is 0.565. The zero-order valence-electron chi connectivity index (χ0n) is 18.8. The molecule has 3 aliphatic rings. The molecule has 2 heterocycles. The highest BCUT2D eigenvalue weighted by molar-refractivity contribution is 5.95. The van der Waals surface area contributed by atoms with E-state index in [1.165, 1.54) is 31.7 Å². The maximum Gasteiger partial charge on any atom is 0.273 e. The monoisotopic (exact) mass is 454 g/mol. The SMILES string of the molecule is NC(=O)c1nnc(Nc2ccc(N3CCN(C4CCCC4)CC3)c(F)c2)nc1NC1CCC1. The summed E-state index contributed by atoms with van der Waals surface area (Å²) in [5.74, 6) is -0.489. The van der Waals surface area contributed by atoms with E-state index in [1.807, 2.05) is 6.07 Å². The predicted octanol–water partition coefficient (Wildman–Crippen LogP) is 2.88. The molecule has 176 valence electrons. The van der Waals surface area contributed by atoms with Crippen LogP contribution in [0, 0.1) is 5.82 Å². The lowest BCUT2D eigenvalue weighted by Crippen LogP contribution is -2.50. The highest BCUT2D eigenvalue weighted by Gasteiger charge is 2.27. The summed E-state index contributed by atoms with van der Waals surface area (Å²) in [5.41, 5.74) is 6.54. The molecule has 0 radical (unpaired) electrons. The summed E-state index contributed by atoms with van der Waals surface area (Å²) < 4.78 is 15.0. The molecule has 4 N–H and O–H groups in total. The van der Waals surface area contributed by atoms with Crippen molar-refractivity contribution in [3.8, 4) is 0 Å². The molecule has 0 unspecified atom stereocenters. The predicted molar refractivity (Wildman–Crippen MR) is 125 cm³/mol. The number of piperazine rings is 1. The third-order valence-corrected chi connectivity index (χ3v) is 7.07. The fourth-order valence-electron chi connectivity index (χ4n) is 4.96. The van der Waals surface area contributed by atoms with Crippen molar-refractivity contribution in [2.45, 2.75) is 57.0 Å². The number of anilines is 4. The van der Waals surface area contributed by atoms with Crippen LogP contribution in [0.1, 0.15) is 55.4 Å². The number of primary amides is 1. The Morgan fingerprint density at radius 2 is 1.79 bits per heavy atom. The summed E-state index contributed by atoms with van der Waals surface area (Å²) in [4.78, 5) is 20.7. The molecule has 1 amide bonds. The number of nitrogens with two attached hydrogens (primary N) is 1. The van der Waals surface area contributed by atoms with Crippen LogP contribution in [-0.2, 0) is 0 Å². The number of nitrogens with one attached hydrogen (secondary N) is 2. The Labute approximate surface area is 192 Å². The maximum absolute atomic E-state index is 15.0. The van der Waals surface area contributed by atoms with Crippen molar-refractivity contribution in [2.24, 2.45) is 5.73 Å². The van der Waals surface area contributed by atoms with Crippen LogP contribution < -0.4 is 21.3 Å². The first-order chi connectivity index (χ1) is 16.1. The fourth-order valence-corrected chi connectivity index (χ4v) is 4.96. The van der Waals surface area contributed by atoms with Crippen molar-refractivity contribution in [3.05, 3.63) is 29.7 Å². The van der Waals surface area contributed by atoms with Gasteiger partial charge in [0.1, 0.15) is 5.82 Å². The van der Waals surface area contributed by atoms with Gasteiger partial charge in [0.2, 0.25) is 5.95 Å². The van der Waals surface area contributed by atoms with Crippen molar-refractivity contribution < 1.29 is 9.18 Å². The van der Waals surface area contributed by atoms with Crippen molar-refractivity contribution in [2.75, 3.05) is 41.7 Å². The zero-order chi connectivity index (χ0) is 22.8. The number of aromatic nitrogens is 3. The number of nitrogens with zero attached hydrogens (tertiary/aromatic N) is 5. The largest absolute Gasteiger partial charge is 0.367 e. The lowest BCUT2D eigenvalue weighted by molar-refractivity contribution is 0.0995. The maximum atomic E-state index is 15.0. The summed E-state index contributed by atoms with van der Waals surface area (Å²) in [6.07, 6.45) is 8.40. The average Bonchev–Trinajstić information content (AvgIpc) is 3.32. The summed E-state index contributed by atoms with van der Waals surface area (Å²) in [7, 11) is 0. The lowest BCUT2D eigenvalue weighted by atomic mass is 9.93. The molecule has 3 fully saturated rings. The van der Waals surface area contributed by atoms with Crippen LogP contribution in [0.2, 0.25) is 0 Å². The van der Waals surface area contributed by atoms with Crippen LogP contribution in [0.4, 0.5) is 27.5 Å². The first kappa shape index (κ1) is 21.8. The molecule has 1 saturated heterocycles. The molecule has 9 nitrogen and oxygen atoms in total. The van der Waals surface area contributed by atoms with E-state index in [1.54, 1.807) is 6.07 Å². The van der Waals surface area contributed by atoms with Crippen molar-refractivity contribution in [3.63, 3.8) is 0 Å². The van der Waals surface area contributed by atoms with Crippen LogP contribution in [0.25, 0.3) is 0 Å². The van der Waals surface area contributed by atoms with Crippen molar-refractivity contribution in [1.82, 2.24) is 20.1 Å². The van der Waals surface area contributed by atoms with Gasteiger partial charge in [-0.3, -0.25) is 9.69 Å². The topological polar surface area (TPSA) is 112 Å². The van der Waals surface area contributed by atoms with Gasteiger partial charge in [-0.15, -0.1) is 10.2 Å². The molecular weight excluding hydrogens is 423 g/mol. The molecule has 0 bridgehead atoms. The van der Waals surface area contributed by atoms with Crippen molar-refractivity contribution in [1.29, 1.82) is 0 Å². The highest BCUT2D eigenvalue weighted by Crippen LogP contribution is 2.29. The van der Waals surface area contributed by atoms with E-state index in [0.717, 1.165) is 45.4 Å². The molecule has 33 heavy (non-hydrogen) atoms. The van der Waals surface area contributed by atoms with Gasteiger partial charge >= 0.3 is 0 Å². The summed E-state index contributed by atoms with van der Waals surface area (Å²) >= 11 is 0. The van der Waals surface area contributed by atoms with E-state index in [-0.39, 0.29) is 23.5 Å². The van der Waals surface area contributed by atoms with Gasteiger partial charge in [-0.1, -0.05) is 12.8 Å². The highest BCUT2D eigenvalue weighted by atomic mass is 19.1. The van der Waals surface area contributed by atoms with Crippen LogP contribution >= 0.6 is 0 Å². The van der Waals surface area contributed by atoms with E-state index in [2.05, 4.69) is 35.6 Å². The van der Waals surface area contributed by atoms with E-state index < -0.39 is 5.91 Å². The van der Waals surface area contributed by atoms with E-state index in [0.29, 0.717) is 23.2 Å². The minimum atomic E-state index is -0.688. The Morgan fingerprint density at radius 1 is 1.03 bits per heavy atom. The third kappa shape index (κ3) is 4.85. The Kier molecular flexibility index (Phi) is 6.26. The Balaban J connectivity index is 1.25. The molecule has 1 aromatic carbocycles. The number of amides is 1. The van der Waals surface area contributed by atoms with Gasteiger partial charge in [-0.25, -0.2) is 4.39 Å². The van der Waals surface area contributed by atoms with E-state index >= 15 is 0 Å². The van der Waals surface area contributed by atoms with Crippen LogP contribution in [0.3, 0.4) is 0 Å². The molecule has 2 aromatic rings. The van der Waals surface area contributed by atoms with Gasteiger partial charge in [0.15, 0.2) is 11.5 Å². The second kappa shape index (κ2) is 9.46. The van der Waals surface area contributed by atoms with E-state index in [9.17, 15) is 9.18 Å². The van der Waals surface area contributed by atoms with Gasteiger partial charge < -0.3 is 21.3 Å². The van der Waals surface area contributed by atoms with Crippen LogP contribution in [0.5, 0.6) is 0 Å². The van der Waals surface area contributed by atoms with Gasteiger partial charge in [0.05, 0.1) is 5.69 Å². The molecule has 0 atom stereocenters. The molecule has 1 aliphatic heterocycles. The second-order valence-electron chi connectivity index (χ2n) is 9.22. The summed E-state index contributed by atoms with van der Waals surface area (Å²) in [6, 6.07) is 6.01. The Bertz CT molecular complexity index is 1000. The third-order valence-electron chi connectivity index (χ3n) is 7.07. The molecule has 2 aliphatic carbocycles.